The van der Waals surface area contributed by atoms with Crippen LogP contribution in [0.5, 0.6) is 0 Å². The van der Waals surface area contributed by atoms with E-state index < -0.39 is 11.8 Å². The lowest BCUT2D eigenvalue weighted by molar-refractivity contribution is 0.0696. The van der Waals surface area contributed by atoms with Crippen molar-refractivity contribution in [2.75, 3.05) is 11.9 Å². The second-order valence-electron chi connectivity index (χ2n) is 4.21. The maximum absolute atomic E-state index is 13.6. The van der Waals surface area contributed by atoms with E-state index in [1.807, 2.05) is 13.1 Å². The van der Waals surface area contributed by atoms with Gasteiger partial charge in [0.25, 0.3) is 0 Å². The summed E-state index contributed by atoms with van der Waals surface area (Å²) in [6.07, 6.45) is 3.65. The summed E-state index contributed by atoms with van der Waals surface area (Å²) in [6, 6.07) is 3.79. The molecular weight excluding hydrogens is 249 g/mol. The average Bonchev–Trinajstić information content (AvgIpc) is 2.77. The summed E-state index contributed by atoms with van der Waals surface area (Å²) in [7, 11) is 0. The first-order valence-electron chi connectivity index (χ1n) is 5.82. The molecule has 0 aliphatic rings. The summed E-state index contributed by atoms with van der Waals surface area (Å²) in [5, 5.41) is 15.7. The summed E-state index contributed by atoms with van der Waals surface area (Å²) in [6.45, 7) is 3.06. The Kier molecular flexibility index (Phi) is 3.79. The molecule has 1 aromatic heterocycles. The van der Waals surface area contributed by atoms with Gasteiger partial charge in [-0.3, -0.25) is 4.68 Å². The van der Waals surface area contributed by atoms with Crippen molar-refractivity contribution >= 4 is 11.7 Å². The number of nitrogens with zero attached hydrogens (tertiary/aromatic N) is 2. The zero-order valence-corrected chi connectivity index (χ0v) is 10.4. The lowest BCUT2D eigenvalue weighted by Gasteiger charge is -2.08. The minimum atomic E-state index is -1.14. The summed E-state index contributed by atoms with van der Waals surface area (Å²) < 4.78 is 15.3. The maximum atomic E-state index is 13.6. The van der Waals surface area contributed by atoms with Crippen LogP contribution in [0.25, 0.3) is 0 Å². The van der Waals surface area contributed by atoms with Gasteiger partial charge in [0.05, 0.1) is 24.0 Å². The lowest BCUT2D eigenvalue weighted by Crippen LogP contribution is -2.12. The van der Waals surface area contributed by atoms with E-state index in [0.717, 1.165) is 11.6 Å². The number of hydrogen-bond donors (Lipinski definition) is 2. The quantitative estimate of drug-likeness (QED) is 0.867. The molecule has 5 nitrogen and oxygen atoms in total. The summed E-state index contributed by atoms with van der Waals surface area (Å²) in [5.41, 5.74) is 1.29. The third kappa shape index (κ3) is 3.31. The van der Waals surface area contributed by atoms with Gasteiger partial charge in [-0.1, -0.05) is 0 Å². The van der Waals surface area contributed by atoms with E-state index in [1.54, 1.807) is 10.9 Å². The van der Waals surface area contributed by atoms with Crippen molar-refractivity contribution in [1.29, 1.82) is 0 Å². The molecule has 19 heavy (non-hydrogen) atoms. The number of carboxylic acid groups (broad SMARTS) is 1. The molecule has 0 atom stereocenters. The van der Waals surface area contributed by atoms with Crippen molar-refractivity contribution in [2.45, 2.75) is 13.5 Å². The van der Waals surface area contributed by atoms with E-state index in [4.69, 9.17) is 5.11 Å². The molecule has 0 aliphatic carbocycles. The van der Waals surface area contributed by atoms with Crippen LogP contribution >= 0.6 is 0 Å². The number of aryl methyl sites for hydroxylation is 1. The molecule has 1 heterocycles. The van der Waals surface area contributed by atoms with Crippen LogP contribution in [-0.2, 0) is 6.54 Å². The predicted octanol–water partition coefficient (Wildman–Crippen LogP) is 2.14. The second kappa shape index (κ2) is 5.51. The van der Waals surface area contributed by atoms with E-state index in [9.17, 15) is 9.18 Å². The maximum Gasteiger partial charge on any atom is 0.335 e. The van der Waals surface area contributed by atoms with E-state index in [-0.39, 0.29) is 11.3 Å². The fraction of sp³-hybridized carbons (Fsp3) is 0.231. The molecule has 0 spiro atoms. The van der Waals surface area contributed by atoms with Crippen molar-refractivity contribution in [2.24, 2.45) is 0 Å². The highest BCUT2D eigenvalue weighted by atomic mass is 19.1. The minimum absolute atomic E-state index is 0.0641. The van der Waals surface area contributed by atoms with Crippen LogP contribution in [0, 0.1) is 12.7 Å². The first-order chi connectivity index (χ1) is 9.06. The molecule has 0 saturated heterocycles. The topological polar surface area (TPSA) is 67.2 Å². The van der Waals surface area contributed by atoms with Crippen LogP contribution in [0.3, 0.4) is 0 Å². The standard InChI is InChI=1S/C13H14FN3O2/c1-9-7-16-17(8-9)5-4-15-12-3-2-10(13(18)19)6-11(12)14/h2-3,6-8,15H,4-5H2,1H3,(H,18,19). The van der Waals surface area contributed by atoms with Gasteiger partial charge in [0.15, 0.2) is 0 Å². The van der Waals surface area contributed by atoms with E-state index in [0.29, 0.717) is 13.1 Å². The molecule has 6 heteroatoms. The van der Waals surface area contributed by atoms with Gasteiger partial charge >= 0.3 is 5.97 Å². The zero-order chi connectivity index (χ0) is 13.8. The Hall–Kier alpha value is -2.37. The summed E-state index contributed by atoms with van der Waals surface area (Å²) in [5.74, 6) is -1.71. The van der Waals surface area contributed by atoms with Crippen LogP contribution in [-0.4, -0.2) is 27.4 Å². The molecule has 1 aromatic carbocycles. The fourth-order valence-corrected chi connectivity index (χ4v) is 1.69. The molecule has 0 aliphatic heterocycles. The van der Waals surface area contributed by atoms with Crippen molar-refractivity contribution in [3.05, 3.63) is 47.5 Å². The number of aromatic carboxylic acids is 1. The Balaban J connectivity index is 1.94. The van der Waals surface area contributed by atoms with Crippen molar-refractivity contribution in [3.63, 3.8) is 0 Å². The molecule has 0 radical (unpaired) electrons. The highest BCUT2D eigenvalue weighted by Crippen LogP contribution is 2.15. The molecule has 0 amide bonds. The Morgan fingerprint density at radius 2 is 2.32 bits per heavy atom. The van der Waals surface area contributed by atoms with E-state index in [2.05, 4.69) is 10.4 Å². The number of aromatic nitrogens is 2. The van der Waals surface area contributed by atoms with Gasteiger partial charge in [-0.2, -0.15) is 5.10 Å². The summed E-state index contributed by atoms with van der Waals surface area (Å²) in [4.78, 5) is 10.7. The number of carbonyl (C=O) groups is 1. The number of hydrogen-bond acceptors (Lipinski definition) is 3. The molecule has 0 fully saturated rings. The first-order valence-corrected chi connectivity index (χ1v) is 5.82. The van der Waals surface area contributed by atoms with Crippen molar-refractivity contribution in [1.82, 2.24) is 9.78 Å². The molecule has 0 unspecified atom stereocenters. The number of anilines is 1. The minimum Gasteiger partial charge on any atom is -0.478 e. The highest BCUT2D eigenvalue weighted by Gasteiger charge is 2.07. The third-order valence-corrected chi connectivity index (χ3v) is 2.63. The number of rotatable bonds is 5. The van der Waals surface area contributed by atoms with Gasteiger partial charge in [-0.15, -0.1) is 0 Å². The molecule has 100 valence electrons. The van der Waals surface area contributed by atoms with Crippen LogP contribution in [0.1, 0.15) is 15.9 Å². The number of benzene rings is 1. The first kappa shape index (κ1) is 13.1. The van der Waals surface area contributed by atoms with Gasteiger partial charge in [-0.25, -0.2) is 9.18 Å². The van der Waals surface area contributed by atoms with Crippen molar-refractivity contribution < 1.29 is 14.3 Å². The van der Waals surface area contributed by atoms with E-state index >= 15 is 0 Å². The Morgan fingerprint density at radius 3 is 2.89 bits per heavy atom. The molecule has 2 N–H and O–H groups in total. The highest BCUT2D eigenvalue weighted by molar-refractivity contribution is 5.88. The van der Waals surface area contributed by atoms with Crippen molar-refractivity contribution in [3.8, 4) is 0 Å². The molecule has 2 aromatic rings. The van der Waals surface area contributed by atoms with Crippen LogP contribution in [0.4, 0.5) is 10.1 Å². The SMILES string of the molecule is Cc1cnn(CCNc2ccc(C(=O)O)cc2F)c1. The molecular formula is C13H14FN3O2. The van der Waals surface area contributed by atoms with Gasteiger partial charge in [-0.05, 0) is 30.7 Å². The second-order valence-corrected chi connectivity index (χ2v) is 4.21. The number of nitrogens with one attached hydrogen (secondary N) is 1. The Morgan fingerprint density at radius 1 is 1.53 bits per heavy atom. The van der Waals surface area contributed by atoms with Gasteiger partial charge in [0, 0.05) is 12.7 Å². The molecule has 0 bridgehead atoms. The molecule has 2 rings (SSSR count). The van der Waals surface area contributed by atoms with Crippen LogP contribution in [0.15, 0.2) is 30.6 Å². The largest absolute Gasteiger partial charge is 0.478 e. The summed E-state index contributed by atoms with van der Waals surface area (Å²) >= 11 is 0. The van der Waals surface area contributed by atoms with Crippen LogP contribution < -0.4 is 5.32 Å². The van der Waals surface area contributed by atoms with Crippen LogP contribution in [0.2, 0.25) is 0 Å². The monoisotopic (exact) mass is 263 g/mol. The fourth-order valence-electron chi connectivity index (χ4n) is 1.69. The molecule has 0 saturated carbocycles. The zero-order valence-electron chi connectivity index (χ0n) is 10.4. The third-order valence-electron chi connectivity index (χ3n) is 2.63. The van der Waals surface area contributed by atoms with Gasteiger partial charge < -0.3 is 10.4 Å². The normalized spacial score (nSPS) is 10.4. The van der Waals surface area contributed by atoms with Gasteiger partial charge in [0.2, 0.25) is 0 Å². The smallest absolute Gasteiger partial charge is 0.335 e. The number of carboxylic acids is 1. The van der Waals surface area contributed by atoms with Gasteiger partial charge in [0.1, 0.15) is 5.82 Å². The van der Waals surface area contributed by atoms with E-state index in [1.165, 1.54) is 12.1 Å². The Bertz CT molecular complexity index is 595. The number of halogens is 1. The predicted molar refractivity (Wildman–Crippen MR) is 68.8 cm³/mol. The lowest BCUT2D eigenvalue weighted by atomic mass is 10.2. The average molecular weight is 263 g/mol. The Labute approximate surface area is 109 Å².